The van der Waals surface area contributed by atoms with Crippen LogP contribution in [0.3, 0.4) is 0 Å². The summed E-state index contributed by atoms with van der Waals surface area (Å²) in [7, 11) is 0. The van der Waals surface area contributed by atoms with Crippen molar-refractivity contribution in [3.63, 3.8) is 0 Å². The fraction of sp³-hybridized carbons (Fsp3) is 0.250. The predicted molar refractivity (Wildman–Crippen MR) is 135 cm³/mol. The normalized spacial score (nSPS) is 13.8. The molecule has 6 nitrogen and oxygen atoms in total. The molecule has 0 spiro atoms. The molecule has 4 aromatic rings. The molecule has 6 heteroatoms. The lowest BCUT2D eigenvalue weighted by molar-refractivity contribution is 0.0737. The van der Waals surface area contributed by atoms with E-state index in [0.717, 1.165) is 41.3 Å². The second-order valence-electron chi connectivity index (χ2n) is 8.86. The molecule has 5 rings (SSSR count). The molecule has 0 aliphatic carbocycles. The summed E-state index contributed by atoms with van der Waals surface area (Å²) in [6, 6.07) is 18.8. The Hall–Kier alpha value is -3.93. The summed E-state index contributed by atoms with van der Waals surface area (Å²) in [6.07, 6.45) is 7.28. The van der Waals surface area contributed by atoms with Crippen molar-refractivity contribution in [2.75, 3.05) is 31.1 Å². The van der Waals surface area contributed by atoms with Gasteiger partial charge in [0.25, 0.3) is 5.91 Å². The predicted octanol–water partition coefficient (Wildman–Crippen LogP) is 4.57. The van der Waals surface area contributed by atoms with Crippen LogP contribution in [-0.2, 0) is 6.54 Å². The zero-order chi connectivity index (χ0) is 23.5. The molecule has 0 atom stereocenters. The van der Waals surface area contributed by atoms with E-state index in [1.54, 1.807) is 18.6 Å². The van der Waals surface area contributed by atoms with Gasteiger partial charge in [-0.25, -0.2) is 4.98 Å². The molecule has 0 saturated carbocycles. The van der Waals surface area contributed by atoms with Crippen molar-refractivity contribution in [2.24, 2.45) is 0 Å². The zero-order valence-electron chi connectivity index (χ0n) is 19.7. The van der Waals surface area contributed by atoms with Gasteiger partial charge in [-0.2, -0.15) is 0 Å². The summed E-state index contributed by atoms with van der Waals surface area (Å²) in [5.74, 6) is 0.941. The summed E-state index contributed by atoms with van der Waals surface area (Å²) in [4.78, 5) is 26.7. The summed E-state index contributed by atoms with van der Waals surface area (Å²) in [5, 5.41) is 0. The lowest BCUT2D eigenvalue weighted by Crippen LogP contribution is -2.49. The Balaban J connectivity index is 1.47. The molecular formula is C28H29N5O. The number of carbonyl (C=O) groups excluding carboxylic acids is 1. The van der Waals surface area contributed by atoms with Crippen molar-refractivity contribution in [1.29, 1.82) is 0 Å². The Labute approximate surface area is 200 Å². The molecule has 0 bridgehead atoms. The number of rotatable bonds is 5. The molecule has 0 unspecified atom stereocenters. The number of carbonyl (C=O) groups is 1. The minimum Gasteiger partial charge on any atom is -0.352 e. The standard InChI is InChI=1S/C28H29N5O/c1-21-8-10-24(11-9-21)26-22(2)19-33(20-23-6-4-3-5-7-23)27(26)28(34)32-16-14-31(15-17-32)25-18-29-12-13-30-25/h3-13,18-19H,14-17,20H2,1-2H3. The second kappa shape index (κ2) is 9.51. The minimum atomic E-state index is 0.0819. The highest BCUT2D eigenvalue weighted by Gasteiger charge is 2.28. The molecular weight excluding hydrogens is 422 g/mol. The quantitative estimate of drug-likeness (QED) is 0.446. The number of piperazine rings is 1. The number of hydrogen-bond donors (Lipinski definition) is 0. The van der Waals surface area contributed by atoms with Gasteiger partial charge in [0.2, 0.25) is 0 Å². The first kappa shape index (κ1) is 21.9. The van der Waals surface area contributed by atoms with Crippen molar-refractivity contribution in [2.45, 2.75) is 20.4 Å². The fourth-order valence-electron chi connectivity index (χ4n) is 4.66. The molecule has 1 saturated heterocycles. The lowest BCUT2D eigenvalue weighted by atomic mass is 10.00. The Bertz CT molecular complexity index is 1260. The van der Waals surface area contributed by atoms with Gasteiger partial charge < -0.3 is 14.4 Å². The minimum absolute atomic E-state index is 0.0819. The third-order valence-corrected chi connectivity index (χ3v) is 6.45. The van der Waals surface area contributed by atoms with Gasteiger partial charge in [-0.1, -0.05) is 60.2 Å². The highest BCUT2D eigenvalue weighted by Crippen LogP contribution is 2.31. The van der Waals surface area contributed by atoms with Crippen LogP contribution in [-0.4, -0.2) is 51.5 Å². The Morgan fingerprint density at radius 2 is 1.65 bits per heavy atom. The molecule has 1 fully saturated rings. The maximum Gasteiger partial charge on any atom is 0.271 e. The van der Waals surface area contributed by atoms with Crippen molar-refractivity contribution in [3.05, 3.63) is 102 Å². The third-order valence-electron chi connectivity index (χ3n) is 6.45. The maximum atomic E-state index is 14.0. The van der Waals surface area contributed by atoms with E-state index in [9.17, 15) is 4.79 Å². The average Bonchev–Trinajstić information content (AvgIpc) is 3.20. The van der Waals surface area contributed by atoms with Crippen molar-refractivity contribution >= 4 is 11.7 Å². The van der Waals surface area contributed by atoms with Gasteiger partial charge >= 0.3 is 0 Å². The number of amides is 1. The smallest absolute Gasteiger partial charge is 0.271 e. The van der Waals surface area contributed by atoms with Gasteiger partial charge in [-0.15, -0.1) is 0 Å². The Morgan fingerprint density at radius 1 is 0.912 bits per heavy atom. The number of benzene rings is 2. The molecule has 2 aromatic heterocycles. The topological polar surface area (TPSA) is 54.3 Å². The highest BCUT2D eigenvalue weighted by atomic mass is 16.2. The Morgan fingerprint density at radius 3 is 2.32 bits per heavy atom. The number of aromatic nitrogens is 3. The fourth-order valence-corrected chi connectivity index (χ4v) is 4.66. The summed E-state index contributed by atoms with van der Waals surface area (Å²) in [6.45, 7) is 7.62. The van der Waals surface area contributed by atoms with Gasteiger partial charge in [-0.3, -0.25) is 9.78 Å². The highest BCUT2D eigenvalue weighted by molar-refractivity contribution is 6.00. The maximum absolute atomic E-state index is 14.0. The van der Waals surface area contributed by atoms with Crippen LogP contribution in [0, 0.1) is 13.8 Å². The summed E-state index contributed by atoms with van der Waals surface area (Å²) in [5.41, 5.74) is 6.36. The first-order valence-corrected chi connectivity index (χ1v) is 11.7. The van der Waals surface area contributed by atoms with Crippen LogP contribution in [0.5, 0.6) is 0 Å². The SMILES string of the molecule is Cc1ccc(-c2c(C)cn(Cc3ccccc3)c2C(=O)N2CCN(c3cnccn3)CC2)cc1. The molecule has 0 radical (unpaired) electrons. The van der Waals surface area contributed by atoms with Crippen molar-refractivity contribution < 1.29 is 4.79 Å². The van der Waals surface area contributed by atoms with Crippen LogP contribution in [0.2, 0.25) is 0 Å². The second-order valence-corrected chi connectivity index (χ2v) is 8.86. The van der Waals surface area contributed by atoms with Crippen LogP contribution in [0.25, 0.3) is 11.1 Å². The number of hydrogen-bond acceptors (Lipinski definition) is 4. The van der Waals surface area contributed by atoms with Gasteiger partial charge in [0.15, 0.2) is 0 Å². The molecule has 34 heavy (non-hydrogen) atoms. The van der Waals surface area contributed by atoms with Crippen LogP contribution in [0.4, 0.5) is 5.82 Å². The van der Waals surface area contributed by atoms with Crippen LogP contribution in [0.15, 0.2) is 79.4 Å². The molecule has 0 N–H and O–H groups in total. The van der Waals surface area contributed by atoms with E-state index in [4.69, 9.17) is 0 Å². The van der Waals surface area contributed by atoms with Crippen LogP contribution < -0.4 is 4.90 Å². The summed E-state index contributed by atoms with van der Waals surface area (Å²) >= 11 is 0. The number of anilines is 1. The number of nitrogens with zero attached hydrogens (tertiary/aromatic N) is 5. The van der Waals surface area contributed by atoms with Crippen molar-refractivity contribution in [1.82, 2.24) is 19.4 Å². The van der Waals surface area contributed by atoms with E-state index in [2.05, 4.69) is 75.9 Å². The molecule has 1 amide bonds. The summed E-state index contributed by atoms with van der Waals surface area (Å²) < 4.78 is 2.12. The number of aryl methyl sites for hydroxylation is 2. The van der Waals surface area contributed by atoms with Crippen molar-refractivity contribution in [3.8, 4) is 11.1 Å². The van der Waals surface area contributed by atoms with E-state index in [0.29, 0.717) is 19.6 Å². The van der Waals surface area contributed by atoms with E-state index in [-0.39, 0.29) is 5.91 Å². The molecule has 172 valence electrons. The van der Waals surface area contributed by atoms with E-state index < -0.39 is 0 Å². The molecule has 2 aromatic carbocycles. The molecule has 3 heterocycles. The zero-order valence-corrected chi connectivity index (χ0v) is 19.7. The molecule has 1 aliphatic heterocycles. The van der Waals surface area contributed by atoms with Gasteiger partial charge in [0.05, 0.1) is 6.20 Å². The third kappa shape index (κ3) is 4.44. The average molecular weight is 452 g/mol. The van der Waals surface area contributed by atoms with Crippen LogP contribution in [0.1, 0.15) is 27.2 Å². The van der Waals surface area contributed by atoms with Crippen LogP contribution >= 0.6 is 0 Å². The lowest BCUT2D eigenvalue weighted by Gasteiger charge is -2.35. The first-order valence-electron chi connectivity index (χ1n) is 11.7. The van der Waals surface area contributed by atoms with Gasteiger partial charge in [-0.05, 0) is 30.5 Å². The Kier molecular flexibility index (Phi) is 6.12. The first-order chi connectivity index (χ1) is 16.6. The van der Waals surface area contributed by atoms with Gasteiger partial charge in [0.1, 0.15) is 11.5 Å². The van der Waals surface area contributed by atoms with E-state index in [1.165, 1.54) is 11.1 Å². The largest absolute Gasteiger partial charge is 0.352 e. The van der Waals surface area contributed by atoms with E-state index in [1.807, 2.05) is 23.1 Å². The molecule has 1 aliphatic rings. The monoisotopic (exact) mass is 451 g/mol. The van der Waals surface area contributed by atoms with E-state index >= 15 is 0 Å². The van der Waals surface area contributed by atoms with Gasteiger partial charge in [0, 0.05) is 56.9 Å².